The third-order valence-corrected chi connectivity index (χ3v) is 6.16. The highest BCUT2D eigenvalue weighted by atomic mass is 16.1. The van der Waals surface area contributed by atoms with Crippen molar-refractivity contribution in [3.63, 3.8) is 0 Å². The van der Waals surface area contributed by atoms with Crippen molar-refractivity contribution in [3.8, 4) is 11.3 Å². The molecule has 0 spiro atoms. The molecule has 5 nitrogen and oxygen atoms in total. The molecule has 3 N–H and O–H groups in total. The molecule has 1 saturated carbocycles. The molecule has 0 atom stereocenters. The van der Waals surface area contributed by atoms with Crippen LogP contribution >= 0.6 is 0 Å². The number of H-pyrrole nitrogens is 1. The van der Waals surface area contributed by atoms with Crippen molar-refractivity contribution >= 4 is 5.91 Å². The van der Waals surface area contributed by atoms with Gasteiger partial charge in [0.15, 0.2) is 0 Å². The summed E-state index contributed by atoms with van der Waals surface area (Å²) in [7, 11) is 0. The minimum absolute atomic E-state index is 0.0901. The van der Waals surface area contributed by atoms with Gasteiger partial charge < -0.3 is 5.73 Å². The number of amides is 1. The Bertz CT molecular complexity index is 768. The number of nitrogens with zero attached hydrogens (tertiary/aromatic N) is 2. The van der Waals surface area contributed by atoms with Crippen LogP contribution in [0.5, 0.6) is 0 Å². The van der Waals surface area contributed by atoms with Crippen molar-refractivity contribution in [3.05, 3.63) is 41.6 Å². The van der Waals surface area contributed by atoms with Crippen molar-refractivity contribution in [2.45, 2.75) is 45.6 Å². The predicted molar refractivity (Wildman–Crippen MR) is 102 cm³/mol. The molecule has 0 unspecified atom stereocenters. The predicted octanol–water partition coefficient (Wildman–Crippen LogP) is 3.25. The van der Waals surface area contributed by atoms with Crippen molar-refractivity contribution in [1.82, 2.24) is 15.1 Å². The molecular weight excluding hydrogens is 324 g/mol. The smallest absolute Gasteiger partial charge is 0.223 e. The van der Waals surface area contributed by atoms with E-state index in [9.17, 15) is 4.79 Å². The summed E-state index contributed by atoms with van der Waals surface area (Å²) in [6.45, 7) is 4.80. The van der Waals surface area contributed by atoms with Gasteiger partial charge in [0.25, 0.3) is 0 Å². The van der Waals surface area contributed by atoms with Gasteiger partial charge in [-0.05, 0) is 50.8 Å². The first kappa shape index (κ1) is 17.3. The summed E-state index contributed by atoms with van der Waals surface area (Å²) in [6.07, 6.45) is 7.24. The summed E-state index contributed by atoms with van der Waals surface area (Å²) < 4.78 is 0. The minimum Gasteiger partial charge on any atom is -0.369 e. The van der Waals surface area contributed by atoms with E-state index < -0.39 is 0 Å². The van der Waals surface area contributed by atoms with Gasteiger partial charge in [0.2, 0.25) is 5.91 Å². The van der Waals surface area contributed by atoms with Gasteiger partial charge in [-0.1, -0.05) is 42.7 Å². The van der Waals surface area contributed by atoms with Crippen LogP contribution in [0.3, 0.4) is 0 Å². The molecule has 2 aliphatic rings. The second-order valence-electron chi connectivity index (χ2n) is 8.20. The van der Waals surface area contributed by atoms with E-state index in [1.807, 2.05) is 6.20 Å². The lowest BCUT2D eigenvalue weighted by atomic mass is 9.73. The number of primary amides is 1. The lowest BCUT2D eigenvalue weighted by molar-refractivity contribution is -0.131. The van der Waals surface area contributed by atoms with Gasteiger partial charge in [-0.25, -0.2) is 0 Å². The van der Waals surface area contributed by atoms with Gasteiger partial charge in [-0.3, -0.25) is 14.8 Å². The number of nitrogens with two attached hydrogens (primary N) is 1. The van der Waals surface area contributed by atoms with Crippen molar-refractivity contribution in [2.75, 3.05) is 13.1 Å². The zero-order chi connectivity index (χ0) is 18.1. The summed E-state index contributed by atoms with van der Waals surface area (Å²) in [5, 5.41) is 7.41. The Kier molecular flexibility index (Phi) is 4.57. The maximum atomic E-state index is 12.1. The SMILES string of the molecule is Cc1ccc(-c2[nH]ncc2CN2CCC(CC3CC3)(C(N)=O)CC2)cc1. The normalized spacial score (nSPS) is 20.2. The first-order valence-electron chi connectivity index (χ1n) is 9.67. The van der Waals surface area contributed by atoms with Crippen LogP contribution in [0.25, 0.3) is 11.3 Å². The van der Waals surface area contributed by atoms with Crippen molar-refractivity contribution in [2.24, 2.45) is 17.1 Å². The highest BCUT2D eigenvalue weighted by molar-refractivity contribution is 5.81. The van der Waals surface area contributed by atoms with E-state index in [0.717, 1.165) is 50.5 Å². The number of carbonyl (C=O) groups excluding carboxylic acids is 1. The first-order chi connectivity index (χ1) is 12.6. The van der Waals surface area contributed by atoms with E-state index in [4.69, 9.17) is 5.73 Å². The van der Waals surface area contributed by atoms with Gasteiger partial charge in [0.05, 0.1) is 17.3 Å². The van der Waals surface area contributed by atoms with Crippen LogP contribution < -0.4 is 5.73 Å². The third kappa shape index (κ3) is 3.54. The first-order valence-corrected chi connectivity index (χ1v) is 9.67. The van der Waals surface area contributed by atoms with Crippen molar-refractivity contribution in [1.29, 1.82) is 0 Å². The van der Waals surface area contributed by atoms with Gasteiger partial charge in [0, 0.05) is 12.1 Å². The number of hydrogen-bond acceptors (Lipinski definition) is 3. The number of hydrogen-bond donors (Lipinski definition) is 2. The Morgan fingerprint density at radius 1 is 1.27 bits per heavy atom. The molecule has 1 aromatic carbocycles. The molecule has 1 saturated heterocycles. The summed E-state index contributed by atoms with van der Waals surface area (Å²) in [4.78, 5) is 14.5. The fraction of sp³-hybridized carbons (Fsp3) is 0.524. The lowest BCUT2D eigenvalue weighted by Gasteiger charge is -2.40. The molecule has 1 aliphatic carbocycles. The number of rotatable bonds is 6. The molecule has 26 heavy (non-hydrogen) atoms. The van der Waals surface area contributed by atoms with Crippen molar-refractivity contribution < 1.29 is 4.79 Å². The van der Waals surface area contributed by atoms with Crippen LogP contribution in [0.1, 0.15) is 43.2 Å². The second kappa shape index (κ2) is 6.88. The number of nitrogens with one attached hydrogen (secondary N) is 1. The Labute approximate surface area is 155 Å². The number of aryl methyl sites for hydroxylation is 1. The van der Waals surface area contributed by atoms with E-state index in [0.29, 0.717) is 0 Å². The number of benzene rings is 1. The number of piperidine rings is 1. The highest BCUT2D eigenvalue weighted by Gasteiger charge is 2.43. The van der Waals surface area contributed by atoms with Crippen LogP contribution in [-0.2, 0) is 11.3 Å². The largest absolute Gasteiger partial charge is 0.369 e. The molecule has 1 aliphatic heterocycles. The van der Waals surface area contributed by atoms with E-state index >= 15 is 0 Å². The van der Waals surface area contributed by atoms with E-state index in [1.54, 1.807) is 0 Å². The molecule has 4 rings (SSSR count). The quantitative estimate of drug-likeness (QED) is 0.838. The van der Waals surface area contributed by atoms with Crippen LogP contribution in [0.15, 0.2) is 30.5 Å². The van der Waals surface area contributed by atoms with Gasteiger partial charge in [-0.15, -0.1) is 0 Å². The number of likely N-dealkylation sites (tertiary alicyclic amines) is 1. The Morgan fingerprint density at radius 2 is 1.96 bits per heavy atom. The molecule has 5 heteroatoms. The van der Waals surface area contributed by atoms with Gasteiger partial charge in [0.1, 0.15) is 0 Å². The molecule has 2 heterocycles. The second-order valence-corrected chi connectivity index (χ2v) is 8.20. The summed E-state index contributed by atoms with van der Waals surface area (Å²) in [5.41, 5.74) is 10.3. The molecule has 2 aromatic rings. The number of aromatic amines is 1. The molecule has 1 amide bonds. The van der Waals surface area contributed by atoms with Gasteiger partial charge in [-0.2, -0.15) is 5.10 Å². The number of aromatic nitrogens is 2. The maximum absolute atomic E-state index is 12.1. The van der Waals surface area contributed by atoms with Crippen LogP contribution in [-0.4, -0.2) is 34.1 Å². The van der Waals surface area contributed by atoms with Crippen LogP contribution in [0, 0.1) is 18.3 Å². The molecule has 138 valence electrons. The average molecular weight is 352 g/mol. The fourth-order valence-corrected chi connectivity index (χ4v) is 4.21. The molecule has 0 radical (unpaired) electrons. The molecule has 2 fully saturated rings. The van der Waals surface area contributed by atoms with Crippen LogP contribution in [0.4, 0.5) is 0 Å². The molecule has 1 aromatic heterocycles. The average Bonchev–Trinajstić information content (AvgIpc) is 3.33. The third-order valence-electron chi connectivity index (χ3n) is 6.16. The fourth-order valence-electron chi connectivity index (χ4n) is 4.21. The molecular formula is C21H28N4O. The lowest BCUT2D eigenvalue weighted by Crippen LogP contribution is -2.47. The van der Waals surface area contributed by atoms with Gasteiger partial charge >= 0.3 is 0 Å². The standard InChI is InChI=1S/C21H28N4O/c1-15-2-6-17(7-3-15)19-18(13-23-24-19)14-25-10-8-21(9-11-25,20(22)26)12-16-4-5-16/h2-3,6-7,13,16H,4-5,8-12,14H2,1H3,(H2,22,26)(H,23,24). The van der Waals surface area contributed by atoms with E-state index in [2.05, 4.69) is 46.3 Å². The Hall–Kier alpha value is -2.14. The minimum atomic E-state index is -0.270. The van der Waals surface area contributed by atoms with E-state index in [1.165, 1.54) is 29.5 Å². The molecule has 0 bridgehead atoms. The summed E-state index contributed by atoms with van der Waals surface area (Å²) in [6, 6.07) is 8.52. The Balaban J connectivity index is 1.43. The monoisotopic (exact) mass is 352 g/mol. The highest BCUT2D eigenvalue weighted by Crippen LogP contribution is 2.45. The topological polar surface area (TPSA) is 75.0 Å². The Morgan fingerprint density at radius 3 is 2.58 bits per heavy atom. The number of carbonyl (C=O) groups is 1. The van der Waals surface area contributed by atoms with Crippen LogP contribution in [0.2, 0.25) is 0 Å². The zero-order valence-corrected chi connectivity index (χ0v) is 15.5. The summed E-state index contributed by atoms with van der Waals surface area (Å²) in [5.74, 6) is 0.642. The zero-order valence-electron chi connectivity index (χ0n) is 15.5. The van der Waals surface area contributed by atoms with E-state index in [-0.39, 0.29) is 11.3 Å². The maximum Gasteiger partial charge on any atom is 0.223 e. The summed E-state index contributed by atoms with van der Waals surface area (Å²) >= 11 is 0.